The smallest absolute Gasteiger partial charge is 0.264 e. The number of hydrogen-bond acceptors (Lipinski definition) is 7. The molecule has 31 heavy (non-hydrogen) atoms. The van der Waals surface area contributed by atoms with Gasteiger partial charge in [0.2, 0.25) is 5.82 Å². The van der Waals surface area contributed by atoms with Crippen molar-refractivity contribution < 1.29 is 23.5 Å². The topological polar surface area (TPSA) is 83.7 Å². The summed E-state index contributed by atoms with van der Waals surface area (Å²) in [6.45, 7) is 0.0947. The molecule has 0 atom stereocenters. The summed E-state index contributed by atoms with van der Waals surface area (Å²) in [6, 6.07) is 21.4. The van der Waals surface area contributed by atoms with Gasteiger partial charge in [-0.2, -0.15) is 4.98 Å². The molecule has 0 saturated heterocycles. The number of ketones is 1. The summed E-state index contributed by atoms with van der Waals surface area (Å²) >= 11 is 0. The van der Waals surface area contributed by atoms with Crippen LogP contribution in [0.1, 0.15) is 21.8 Å². The summed E-state index contributed by atoms with van der Waals surface area (Å²) < 4.78 is 21.6. The van der Waals surface area contributed by atoms with E-state index in [1.54, 1.807) is 68.8 Å². The average molecular weight is 416 g/mol. The largest absolute Gasteiger partial charge is 0.497 e. The third-order valence-electron chi connectivity index (χ3n) is 4.63. The molecular weight excluding hydrogens is 396 g/mol. The van der Waals surface area contributed by atoms with Gasteiger partial charge in [0.05, 0.1) is 19.8 Å². The Morgan fingerprint density at radius 1 is 0.871 bits per heavy atom. The third-order valence-corrected chi connectivity index (χ3v) is 4.63. The van der Waals surface area contributed by atoms with E-state index in [9.17, 15) is 4.79 Å². The third kappa shape index (κ3) is 4.56. The van der Waals surface area contributed by atoms with Gasteiger partial charge >= 0.3 is 0 Å². The van der Waals surface area contributed by atoms with Crippen LogP contribution in [-0.4, -0.2) is 30.1 Å². The number of methoxy groups -OCH3 is 2. The molecule has 0 amide bonds. The van der Waals surface area contributed by atoms with Gasteiger partial charge in [-0.1, -0.05) is 35.5 Å². The Kier molecular flexibility index (Phi) is 5.93. The molecule has 156 valence electrons. The maximum Gasteiger partial charge on any atom is 0.264 e. The van der Waals surface area contributed by atoms with E-state index in [1.807, 2.05) is 18.2 Å². The Morgan fingerprint density at radius 2 is 1.58 bits per heavy atom. The van der Waals surface area contributed by atoms with Crippen LogP contribution >= 0.6 is 0 Å². The lowest BCUT2D eigenvalue weighted by atomic mass is 10.0. The molecule has 1 aromatic heterocycles. The molecular formula is C24H20N2O5. The van der Waals surface area contributed by atoms with Gasteiger partial charge in [-0.3, -0.25) is 4.79 Å². The Balaban J connectivity index is 1.42. The van der Waals surface area contributed by atoms with Crippen molar-refractivity contribution in [2.24, 2.45) is 0 Å². The van der Waals surface area contributed by atoms with Crippen LogP contribution in [0.15, 0.2) is 77.3 Å². The van der Waals surface area contributed by atoms with Crippen molar-refractivity contribution in [3.8, 4) is 28.6 Å². The van der Waals surface area contributed by atoms with Crippen molar-refractivity contribution >= 4 is 5.78 Å². The van der Waals surface area contributed by atoms with E-state index in [2.05, 4.69) is 10.1 Å². The fraction of sp³-hybridized carbons (Fsp3) is 0.125. The van der Waals surface area contributed by atoms with Gasteiger partial charge in [0.25, 0.3) is 5.89 Å². The minimum atomic E-state index is -0.0397. The second-order valence-electron chi connectivity index (χ2n) is 6.59. The van der Waals surface area contributed by atoms with Crippen LogP contribution in [0.3, 0.4) is 0 Å². The van der Waals surface area contributed by atoms with Crippen molar-refractivity contribution in [2.75, 3.05) is 14.2 Å². The van der Waals surface area contributed by atoms with Crippen LogP contribution in [0.5, 0.6) is 17.2 Å². The van der Waals surface area contributed by atoms with E-state index in [0.29, 0.717) is 45.7 Å². The van der Waals surface area contributed by atoms with Crippen molar-refractivity contribution in [3.05, 3.63) is 89.8 Å². The first-order chi connectivity index (χ1) is 15.2. The molecule has 1 heterocycles. The zero-order valence-corrected chi connectivity index (χ0v) is 17.1. The van der Waals surface area contributed by atoms with Crippen LogP contribution < -0.4 is 14.2 Å². The molecule has 4 aromatic rings. The molecule has 0 spiro atoms. The molecule has 0 fully saturated rings. The van der Waals surface area contributed by atoms with Gasteiger partial charge in [-0.25, -0.2) is 0 Å². The van der Waals surface area contributed by atoms with E-state index in [-0.39, 0.29) is 12.4 Å². The number of benzene rings is 3. The van der Waals surface area contributed by atoms with Crippen molar-refractivity contribution in [1.29, 1.82) is 0 Å². The second-order valence-corrected chi connectivity index (χ2v) is 6.59. The van der Waals surface area contributed by atoms with E-state index < -0.39 is 0 Å². The van der Waals surface area contributed by atoms with Gasteiger partial charge in [0, 0.05) is 17.2 Å². The quantitative estimate of drug-likeness (QED) is 0.389. The van der Waals surface area contributed by atoms with Gasteiger partial charge in [0.15, 0.2) is 12.4 Å². The number of ether oxygens (including phenoxy) is 3. The van der Waals surface area contributed by atoms with Gasteiger partial charge in [-0.05, 0) is 36.4 Å². The van der Waals surface area contributed by atoms with Crippen LogP contribution in [0.2, 0.25) is 0 Å². The predicted octanol–water partition coefficient (Wildman–Crippen LogP) is 4.56. The van der Waals surface area contributed by atoms with Crippen LogP contribution in [0.25, 0.3) is 11.4 Å². The SMILES string of the molecule is COc1ccc(-c2noc(COc3ccc(C(=O)c4ccccc4)cc3)n2)c(OC)c1. The zero-order chi connectivity index (χ0) is 21.6. The highest BCUT2D eigenvalue weighted by atomic mass is 16.5. The highest BCUT2D eigenvalue weighted by Crippen LogP contribution is 2.31. The summed E-state index contributed by atoms with van der Waals surface area (Å²) in [5, 5.41) is 4.00. The first-order valence-corrected chi connectivity index (χ1v) is 9.55. The van der Waals surface area contributed by atoms with Crippen molar-refractivity contribution in [2.45, 2.75) is 6.61 Å². The van der Waals surface area contributed by atoms with E-state index in [1.165, 1.54) is 0 Å². The highest BCUT2D eigenvalue weighted by molar-refractivity contribution is 6.08. The summed E-state index contributed by atoms with van der Waals surface area (Å²) in [6.07, 6.45) is 0. The number of carbonyl (C=O) groups is 1. The van der Waals surface area contributed by atoms with E-state index in [4.69, 9.17) is 18.7 Å². The fourth-order valence-electron chi connectivity index (χ4n) is 3.01. The van der Waals surface area contributed by atoms with Gasteiger partial charge in [-0.15, -0.1) is 0 Å². The molecule has 0 unspecified atom stereocenters. The lowest BCUT2D eigenvalue weighted by Gasteiger charge is -2.07. The monoisotopic (exact) mass is 416 g/mol. The molecule has 0 aliphatic carbocycles. The zero-order valence-electron chi connectivity index (χ0n) is 17.1. The Morgan fingerprint density at radius 3 is 2.29 bits per heavy atom. The summed E-state index contributed by atoms with van der Waals surface area (Å²) in [7, 11) is 3.15. The van der Waals surface area contributed by atoms with Crippen molar-refractivity contribution in [1.82, 2.24) is 10.1 Å². The van der Waals surface area contributed by atoms with Crippen LogP contribution in [0.4, 0.5) is 0 Å². The summed E-state index contributed by atoms with van der Waals surface area (Å²) in [5.41, 5.74) is 1.91. The fourth-order valence-corrected chi connectivity index (χ4v) is 3.01. The highest BCUT2D eigenvalue weighted by Gasteiger charge is 2.15. The maximum absolute atomic E-state index is 12.5. The Bertz CT molecular complexity index is 1170. The molecule has 0 N–H and O–H groups in total. The van der Waals surface area contributed by atoms with Crippen LogP contribution in [0, 0.1) is 0 Å². The number of hydrogen-bond donors (Lipinski definition) is 0. The van der Waals surface area contributed by atoms with E-state index in [0.717, 1.165) is 0 Å². The lowest BCUT2D eigenvalue weighted by molar-refractivity contribution is 0.103. The van der Waals surface area contributed by atoms with Crippen LogP contribution in [-0.2, 0) is 6.61 Å². The summed E-state index contributed by atoms with van der Waals surface area (Å²) in [5.74, 6) is 2.50. The standard InChI is InChI=1S/C24H20N2O5/c1-28-19-12-13-20(21(14-19)29-2)24-25-22(31-26-24)15-30-18-10-8-17(9-11-18)23(27)16-6-4-3-5-7-16/h3-14H,15H2,1-2H3. The molecule has 0 aliphatic heterocycles. The Hall–Kier alpha value is -4.13. The molecule has 4 rings (SSSR count). The molecule has 0 aliphatic rings. The van der Waals surface area contributed by atoms with E-state index >= 15 is 0 Å². The predicted molar refractivity (Wildman–Crippen MR) is 113 cm³/mol. The normalized spacial score (nSPS) is 10.5. The van der Waals surface area contributed by atoms with Crippen molar-refractivity contribution in [3.63, 3.8) is 0 Å². The molecule has 0 bridgehead atoms. The first kappa shape index (κ1) is 20.2. The average Bonchev–Trinajstić information content (AvgIpc) is 3.31. The molecule has 0 radical (unpaired) electrons. The second kappa shape index (κ2) is 9.13. The molecule has 7 heteroatoms. The Labute approximate surface area is 179 Å². The number of nitrogens with zero attached hydrogens (tertiary/aromatic N) is 2. The van der Waals surface area contributed by atoms with Gasteiger partial charge in [0.1, 0.15) is 17.2 Å². The number of aromatic nitrogens is 2. The summed E-state index contributed by atoms with van der Waals surface area (Å²) in [4.78, 5) is 16.8. The maximum atomic E-state index is 12.5. The minimum absolute atomic E-state index is 0.0397. The molecule has 3 aromatic carbocycles. The van der Waals surface area contributed by atoms with Gasteiger partial charge < -0.3 is 18.7 Å². The number of rotatable bonds is 8. The lowest BCUT2D eigenvalue weighted by Crippen LogP contribution is -2.01. The minimum Gasteiger partial charge on any atom is -0.497 e. The molecule has 0 saturated carbocycles. The molecule has 7 nitrogen and oxygen atoms in total. The first-order valence-electron chi connectivity index (χ1n) is 9.55. The number of carbonyl (C=O) groups excluding carboxylic acids is 1.